The standard InChI is InChI=1S/C21H19FN2OS.H2/c1-2-16-11-12-19(26-16)20-23-18-6-4-3-5-17(18)21(25)24(20)13-14-7-9-15(22)10-8-14;/h3-12,20,23H,2,13H2,1H3;1H. The molecule has 26 heavy (non-hydrogen) atoms. The number of hydrogen-bond donors (Lipinski definition) is 1. The second kappa shape index (κ2) is 6.92. The first-order valence-electron chi connectivity index (χ1n) is 8.65. The second-order valence-electron chi connectivity index (χ2n) is 6.31. The highest BCUT2D eigenvalue weighted by atomic mass is 32.1. The van der Waals surface area contributed by atoms with E-state index in [1.165, 1.54) is 17.0 Å². The number of hydrogen-bond acceptors (Lipinski definition) is 3. The van der Waals surface area contributed by atoms with Crippen LogP contribution in [0, 0.1) is 5.82 Å². The maximum Gasteiger partial charge on any atom is 0.258 e. The molecule has 1 N–H and O–H groups in total. The SMILES string of the molecule is CCc1ccc(C2Nc3ccccc3C(=O)N2Cc2ccc(F)cc2)s1.[HH]. The molecule has 2 heterocycles. The van der Waals surface area contributed by atoms with Gasteiger partial charge < -0.3 is 10.2 Å². The molecule has 1 amide bonds. The predicted octanol–water partition coefficient (Wildman–Crippen LogP) is 5.46. The van der Waals surface area contributed by atoms with E-state index in [-0.39, 0.29) is 19.3 Å². The number of para-hydroxylation sites is 1. The summed E-state index contributed by atoms with van der Waals surface area (Å²) >= 11 is 1.72. The summed E-state index contributed by atoms with van der Waals surface area (Å²) in [5, 5.41) is 3.50. The number of anilines is 1. The Morgan fingerprint density at radius 3 is 2.62 bits per heavy atom. The maximum atomic E-state index is 13.2. The van der Waals surface area contributed by atoms with E-state index in [4.69, 9.17) is 0 Å². The van der Waals surface area contributed by atoms with E-state index in [2.05, 4.69) is 24.4 Å². The van der Waals surface area contributed by atoms with Gasteiger partial charge in [0.1, 0.15) is 12.0 Å². The van der Waals surface area contributed by atoms with Gasteiger partial charge in [0.2, 0.25) is 0 Å². The molecular formula is C21H21FN2OS. The minimum atomic E-state index is -0.274. The molecule has 1 aromatic heterocycles. The van der Waals surface area contributed by atoms with Crippen molar-refractivity contribution in [1.82, 2.24) is 4.90 Å². The minimum Gasteiger partial charge on any atom is -0.360 e. The van der Waals surface area contributed by atoms with Crippen LogP contribution in [0.15, 0.2) is 60.7 Å². The Hall–Kier alpha value is -2.66. The largest absolute Gasteiger partial charge is 0.360 e. The van der Waals surface area contributed by atoms with E-state index in [1.54, 1.807) is 23.5 Å². The molecule has 0 radical (unpaired) electrons. The Bertz CT molecular complexity index is 941. The van der Waals surface area contributed by atoms with Crippen LogP contribution in [0.3, 0.4) is 0 Å². The summed E-state index contributed by atoms with van der Waals surface area (Å²) < 4.78 is 13.2. The molecule has 0 saturated carbocycles. The fourth-order valence-corrected chi connectivity index (χ4v) is 4.22. The van der Waals surface area contributed by atoms with Crippen molar-refractivity contribution in [2.75, 3.05) is 5.32 Å². The van der Waals surface area contributed by atoms with Gasteiger partial charge in [-0.25, -0.2) is 4.39 Å². The molecule has 2 aromatic carbocycles. The van der Waals surface area contributed by atoms with Gasteiger partial charge in [-0.1, -0.05) is 31.2 Å². The monoisotopic (exact) mass is 368 g/mol. The zero-order chi connectivity index (χ0) is 18.1. The van der Waals surface area contributed by atoms with Crippen molar-refractivity contribution < 1.29 is 10.6 Å². The number of nitrogens with zero attached hydrogens (tertiary/aromatic N) is 1. The molecule has 5 heteroatoms. The van der Waals surface area contributed by atoms with E-state index in [0.29, 0.717) is 12.1 Å². The smallest absolute Gasteiger partial charge is 0.258 e. The summed E-state index contributed by atoms with van der Waals surface area (Å²) in [6.45, 7) is 2.55. The summed E-state index contributed by atoms with van der Waals surface area (Å²) in [4.78, 5) is 17.4. The van der Waals surface area contributed by atoms with Gasteiger partial charge in [0.05, 0.1) is 5.56 Å². The normalized spacial score (nSPS) is 16.3. The van der Waals surface area contributed by atoms with Crippen molar-refractivity contribution in [1.29, 1.82) is 0 Å². The third-order valence-electron chi connectivity index (χ3n) is 4.59. The van der Waals surface area contributed by atoms with Crippen molar-refractivity contribution in [3.05, 3.63) is 87.4 Å². The Kier molecular flexibility index (Phi) is 4.47. The topological polar surface area (TPSA) is 32.3 Å². The van der Waals surface area contributed by atoms with E-state index in [9.17, 15) is 9.18 Å². The fraction of sp³-hybridized carbons (Fsp3) is 0.190. The van der Waals surface area contributed by atoms with Crippen LogP contribution in [-0.2, 0) is 13.0 Å². The van der Waals surface area contributed by atoms with Gasteiger partial charge in [-0.15, -0.1) is 11.3 Å². The van der Waals surface area contributed by atoms with Crippen molar-refractivity contribution >= 4 is 22.9 Å². The third kappa shape index (κ3) is 3.10. The molecule has 134 valence electrons. The number of nitrogens with one attached hydrogen (secondary N) is 1. The van der Waals surface area contributed by atoms with Gasteiger partial charge >= 0.3 is 0 Å². The first kappa shape index (κ1) is 16.8. The van der Waals surface area contributed by atoms with Gasteiger partial charge in [0.25, 0.3) is 5.91 Å². The van der Waals surface area contributed by atoms with Crippen LogP contribution < -0.4 is 5.32 Å². The summed E-state index contributed by atoms with van der Waals surface area (Å²) in [5.41, 5.74) is 2.42. The molecule has 1 aliphatic rings. The van der Waals surface area contributed by atoms with Crippen LogP contribution >= 0.6 is 11.3 Å². The molecule has 1 unspecified atom stereocenters. The second-order valence-corrected chi connectivity index (χ2v) is 7.51. The van der Waals surface area contributed by atoms with Crippen LogP contribution in [0.25, 0.3) is 0 Å². The molecule has 0 bridgehead atoms. The van der Waals surface area contributed by atoms with Gasteiger partial charge in [0.15, 0.2) is 0 Å². The Morgan fingerprint density at radius 1 is 1.12 bits per heavy atom. The van der Waals surface area contributed by atoms with Gasteiger partial charge in [-0.2, -0.15) is 0 Å². The molecule has 0 spiro atoms. The molecule has 0 aliphatic carbocycles. The van der Waals surface area contributed by atoms with Gasteiger partial charge in [-0.05, 0) is 48.4 Å². The average Bonchev–Trinajstić information content (AvgIpc) is 3.14. The molecule has 0 saturated heterocycles. The predicted molar refractivity (Wildman–Crippen MR) is 105 cm³/mol. The lowest BCUT2D eigenvalue weighted by Crippen LogP contribution is -2.42. The Labute approximate surface area is 157 Å². The van der Waals surface area contributed by atoms with E-state index < -0.39 is 0 Å². The van der Waals surface area contributed by atoms with Gasteiger partial charge in [0, 0.05) is 23.4 Å². The third-order valence-corrected chi connectivity index (χ3v) is 5.87. The molecule has 1 atom stereocenters. The zero-order valence-corrected chi connectivity index (χ0v) is 15.2. The van der Waals surface area contributed by atoms with Crippen molar-refractivity contribution in [3.8, 4) is 0 Å². The first-order chi connectivity index (χ1) is 12.7. The van der Waals surface area contributed by atoms with Crippen molar-refractivity contribution in [2.45, 2.75) is 26.1 Å². The molecule has 4 rings (SSSR count). The Balaban J connectivity index is 0.00000210. The van der Waals surface area contributed by atoms with E-state index >= 15 is 0 Å². The summed E-state index contributed by atoms with van der Waals surface area (Å²) in [5.74, 6) is -0.287. The lowest BCUT2D eigenvalue weighted by molar-refractivity contribution is 0.0669. The number of benzene rings is 2. The van der Waals surface area contributed by atoms with E-state index in [0.717, 1.165) is 22.5 Å². The highest BCUT2D eigenvalue weighted by molar-refractivity contribution is 7.12. The number of carbonyl (C=O) groups is 1. The van der Waals surface area contributed by atoms with Crippen molar-refractivity contribution in [3.63, 3.8) is 0 Å². The number of halogens is 1. The lowest BCUT2D eigenvalue weighted by atomic mass is 10.1. The minimum absolute atomic E-state index is 0. The highest BCUT2D eigenvalue weighted by Crippen LogP contribution is 2.36. The molecule has 3 aromatic rings. The molecule has 1 aliphatic heterocycles. The van der Waals surface area contributed by atoms with Crippen LogP contribution in [0.1, 0.15) is 40.2 Å². The molecule has 0 fully saturated rings. The average molecular weight is 368 g/mol. The Morgan fingerprint density at radius 2 is 1.88 bits per heavy atom. The highest BCUT2D eigenvalue weighted by Gasteiger charge is 2.33. The summed E-state index contributed by atoms with van der Waals surface area (Å²) in [6.07, 6.45) is 0.743. The summed E-state index contributed by atoms with van der Waals surface area (Å²) in [6, 6.07) is 18.1. The first-order valence-corrected chi connectivity index (χ1v) is 9.47. The van der Waals surface area contributed by atoms with Crippen LogP contribution in [0.2, 0.25) is 0 Å². The number of amides is 1. The van der Waals surface area contributed by atoms with Gasteiger partial charge in [-0.3, -0.25) is 4.79 Å². The zero-order valence-electron chi connectivity index (χ0n) is 14.4. The quantitative estimate of drug-likeness (QED) is 0.663. The van der Waals surface area contributed by atoms with Crippen LogP contribution in [-0.4, -0.2) is 10.8 Å². The van der Waals surface area contributed by atoms with Crippen LogP contribution in [0.4, 0.5) is 10.1 Å². The van der Waals surface area contributed by atoms with Crippen LogP contribution in [0.5, 0.6) is 0 Å². The van der Waals surface area contributed by atoms with Crippen molar-refractivity contribution in [2.24, 2.45) is 0 Å². The maximum absolute atomic E-state index is 13.2. The van der Waals surface area contributed by atoms with E-state index in [1.807, 2.05) is 29.2 Å². The fourth-order valence-electron chi connectivity index (χ4n) is 3.20. The number of aryl methyl sites for hydroxylation is 1. The lowest BCUT2D eigenvalue weighted by Gasteiger charge is -2.37. The number of carbonyl (C=O) groups excluding carboxylic acids is 1. The number of thiophene rings is 1. The molecular weight excluding hydrogens is 347 g/mol. The molecule has 3 nitrogen and oxygen atoms in total. The number of rotatable bonds is 4. The summed E-state index contributed by atoms with van der Waals surface area (Å²) in [7, 11) is 0. The number of fused-ring (bicyclic) bond motifs is 1.